The van der Waals surface area contributed by atoms with E-state index in [-0.39, 0.29) is 18.1 Å². The molecule has 0 spiro atoms. The van der Waals surface area contributed by atoms with Crippen LogP contribution in [-0.2, 0) is 9.53 Å². The molecule has 1 unspecified atom stereocenters. The fraction of sp³-hybridized carbons (Fsp3) is 0.909. The molecule has 0 aromatic heterocycles. The monoisotopic (exact) mass is 216 g/mol. The van der Waals surface area contributed by atoms with Crippen LogP contribution in [-0.4, -0.2) is 31.2 Å². The topological polar surface area (TPSA) is 64.4 Å². The van der Waals surface area contributed by atoms with Crippen LogP contribution >= 0.6 is 0 Å². The SMILES string of the molecule is CC(N)CCC(=O)NCCCOC(C)C. The van der Waals surface area contributed by atoms with Gasteiger partial charge in [0.2, 0.25) is 5.91 Å². The lowest BCUT2D eigenvalue weighted by Gasteiger charge is -2.08. The summed E-state index contributed by atoms with van der Waals surface area (Å²) >= 11 is 0. The fourth-order valence-electron chi connectivity index (χ4n) is 1.07. The summed E-state index contributed by atoms with van der Waals surface area (Å²) in [6.45, 7) is 7.29. The highest BCUT2D eigenvalue weighted by Gasteiger charge is 2.02. The Morgan fingerprint density at radius 2 is 2.07 bits per heavy atom. The molecule has 4 nitrogen and oxygen atoms in total. The zero-order valence-corrected chi connectivity index (χ0v) is 10.1. The average molecular weight is 216 g/mol. The van der Waals surface area contributed by atoms with E-state index >= 15 is 0 Å². The third-order valence-corrected chi connectivity index (χ3v) is 1.92. The van der Waals surface area contributed by atoms with Gasteiger partial charge in [-0.1, -0.05) is 0 Å². The van der Waals surface area contributed by atoms with E-state index < -0.39 is 0 Å². The van der Waals surface area contributed by atoms with E-state index in [2.05, 4.69) is 5.32 Å². The van der Waals surface area contributed by atoms with Crippen molar-refractivity contribution in [1.82, 2.24) is 5.32 Å². The van der Waals surface area contributed by atoms with Crippen LogP contribution in [0, 0.1) is 0 Å². The van der Waals surface area contributed by atoms with Crippen LogP contribution in [0.15, 0.2) is 0 Å². The quantitative estimate of drug-likeness (QED) is 0.596. The van der Waals surface area contributed by atoms with E-state index in [9.17, 15) is 4.79 Å². The minimum atomic E-state index is 0.0804. The van der Waals surface area contributed by atoms with Gasteiger partial charge in [-0.3, -0.25) is 4.79 Å². The van der Waals surface area contributed by atoms with Crippen LogP contribution in [0.2, 0.25) is 0 Å². The maximum absolute atomic E-state index is 11.2. The Hall–Kier alpha value is -0.610. The van der Waals surface area contributed by atoms with Gasteiger partial charge in [-0.05, 0) is 33.6 Å². The number of ether oxygens (including phenoxy) is 1. The summed E-state index contributed by atoms with van der Waals surface area (Å²) in [6.07, 6.45) is 2.39. The standard InChI is InChI=1S/C11H24N2O2/c1-9(2)15-8-4-7-13-11(14)6-5-10(3)12/h9-10H,4-8,12H2,1-3H3,(H,13,14). The van der Waals surface area contributed by atoms with E-state index in [1.54, 1.807) is 0 Å². The van der Waals surface area contributed by atoms with Crippen molar-refractivity contribution in [2.45, 2.75) is 52.2 Å². The fourth-order valence-corrected chi connectivity index (χ4v) is 1.07. The van der Waals surface area contributed by atoms with Gasteiger partial charge in [0.15, 0.2) is 0 Å². The molecule has 0 radical (unpaired) electrons. The maximum atomic E-state index is 11.2. The predicted octanol–water partition coefficient (Wildman–Crippen LogP) is 1.05. The number of nitrogens with two attached hydrogens (primary N) is 1. The van der Waals surface area contributed by atoms with Crippen molar-refractivity contribution in [1.29, 1.82) is 0 Å². The molecule has 0 rings (SSSR count). The van der Waals surface area contributed by atoms with Crippen LogP contribution in [0.5, 0.6) is 0 Å². The summed E-state index contributed by atoms with van der Waals surface area (Å²) in [5.74, 6) is 0.0804. The number of hydrogen-bond donors (Lipinski definition) is 2. The van der Waals surface area contributed by atoms with Gasteiger partial charge >= 0.3 is 0 Å². The predicted molar refractivity (Wildman–Crippen MR) is 61.6 cm³/mol. The third-order valence-electron chi connectivity index (χ3n) is 1.92. The Bertz CT molecular complexity index is 170. The van der Waals surface area contributed by atoms with Crippen LogP contribution in [0.1, 0.15) is 40.0 Å². The number of rotatable bonds is 8. The Kier molecular flexibility index (Phi) is 8.33. The van der Waals surface area contributed by atoms with E-state index in [4.69, 9.17) is 10.5 Å². The molecule has 3 N–H and O–H groups in total. The van der Waals surface area contributed by atoms with Gasteiger partial charge in [0.25, 0.3) is 0 Å². The first-order valence-corrected chi connectivity index (χ1v) is 5.66. The molecular formula is C11H24N2O2. The summed E-state index contributed by atoms with van der Waals surface area (Å²) in [5.41, 5.74) is 5.55. The van der Waals surface area contributed by atoms with Crippen molar-refractivity contribution in [2.24, 2.45) is 5.73 Å². The highest BCUT2D eigenvalue weighted by molar-refractivity contribution is 5.75. The largest absolute Gasteiger partial charge is 0.379 e. The molecule has 0 aliphatic rings. The summed E-state index contributed by atoms with van der Waals surface area (Å²) in [6, 6.07) is 0.0972. The van der Waals surface area contributed by atoms with E-state index in [1.807, 2.05) is 20.8 Å². The molecule has 0 bridgehead atoms. The number of hydrogen-bond acceptors (Lipinski definition) is 3. The van der Waals surface area contributed by atoms with Gasteiger partial charge in [0.1, 0.15) is 0 Å². The minimum absolute atomic E-state index is 0.0804. The number of carbonyl (C=O) groups excluding carboxylic acids is 1. The molecule has 0 aliphatic carbocycles. The van der Waals surface area contributed by atoms with E-state index in [0.717, 1.165) is 12.8 Å². The Morgan fingerprint density at radius 3 is 2.60 bits per heavy atom. The van der Waals surface area contributed by atoms with Crippen LogP contribution in [0.3, 0.4) is 0 Å². The van der Waals surface area contributed by atoms with Crippen molar-refractivity contribution in [2.75, 3.05) is 13.2 Å². The van der Waals surface area contributed by atoms with Gasteiger partial charge in [-0.2, -0.15) is 0 Å². The summed E-state index contributed by atoms with van der Waals surface area (Å²) in [4.78, 5) is 11.2. The molecule has 0 aliphatic heterocycles. The molecular weight excluding hydrogens is 192 g/mol. The normalized spacial score (nSPS) is 12.9. The molecule has 4 heteroatoms. The van der Waals surface area contributed by atoms with Gasteiger partial charge < -0.3 is 15.8 Å². The summed E-state index contributed by atoms with van der Waals surface area (Å²) in [5, 5.41) is 2.84. The molecule has 0 aromatic rings. The highest BCUT2D eigenvalue weighted by atomic mass is 16.5. The van der Waals surface area contributed by atoms with Crippen LogP contribution in [0.4, 0.5) is 0 Å². The Balaban J connectivity index is 3.24. The van der Waals surface area contributed by atoms with Gasteiger partial charge in [0, 0.05) is 25.6 Å². The zero-order valence-electron chi connectivity index (χ0n) is 10.1. The van der Waals surface area contributed by atoms with Crippen molar-refractivity contribution in [3.05, 3.63) is 0 Å². The first-order valence-electron chi connectivity index (χ1n) is 5.66. The molecule has 90 valence electrons. The molecule has 0 heterocycles. The minimum Gasteiger partial charge on any atom is -0.379 e. The molecule has 0 saturated heterocycles. The Labute approximate surface area is 92.6 Å². The second-order valence-corrected chi connectivity index (χ2v) is 4.14. The van der Waals surface area contributed by atoms with Crippen molar-refractivity contribution in [3.8, 4) is 0 Å². The van der Waals surface area contributed by atoms with E-state index in [1.165, 1.54) is 0 Å². The second kappa shape index (κ2) is 8.68. The van der Waals surface area contributed by atoms with Crippen molar-refractivity contribution in [3.63, 3.8) is 0 Å². The summed E-state index contributed by atoms with van der Waals surface area (Å²) in [7, 11) is 0. The number of carbonyl (C=O) groups is 1. The number of nitrogens with one attached hydrogen (secondary N) is 1. The maximum Gasteiger partial charge on any atom is 0.220 e. The zero-order chi connectivity index (χ0) is 11.7. The van der Waals surface area contributed by atoms with Crippen molar-refractivity contribution < 1.29 is 9.53 Å². The second-order valence-electron chi connectivity index (χ2n) is 4.14. The molecule has 1 atom stereocenters. The summed E-state index contributed by atoms with van der Waals surface area (Å²) < 4.78 is 5.35. The first kappa shape index (κ1) is 14.4. The first-order chi connectivity index (χ1) is 7.02. The van der Waals surface area contributed by atoms with Crippen LogP contribution in [0.25, 0.3) is 0 Å². The third kappa shape index (κ3) is 11.3. The number of amides is 1. The molecule has 1 amide bonds. The van der Waals surface area contributed by atoms with Crippen molar-refractivity contribution >= 4 is 5.91 Å². The van der Waals surface area contributed by atoms with Gasteiger partial charge in [-0.25, -0.2) is 0 Å². The van der Waals surface area contributed by atoms with Crippen LogP contribution < -0.4 is 11.1 Å². The molecule has 0 fully saturated rings. The lowest BCUT2D eigenvalue weighted by atomic mass is 10.2. The van der Waals surface area contributed by atoms with Gasteiger partial charge in [0.05, 0.1) is 6.10 Å². The highest BCUT2D eigenvalue weighted by Crippen LogP contribution is 1.93. The Morgan fingerprint density at radius 1 is 1.40 bits per heavy atom. The van der Waals surface area contributed by atoms with E-state index in [0.29, 0.717) is 19.6 Å². The molecule has 15 heavy (non-hydrogen) atoms. The van der Waals surface area contributed by atoms with Gasteiger partial charge in [-0.15, -0.1) is 0 Å². The molecule has 0 saturated carbocycles. The lowest BCUT2D eigenvalue weighted by Crippen LogP contribution is -2.27. The average Bonchev–Trinajstić information content (AvgIpc) is 2.13. The smallest absolute Gasteiger partial charge is 0.220 e. The lowest BCUT2D eigenvalue weighted by molar-refractivity contribution is -0.121. The molecule has 0 aromatic carbocycles.